The van der Waals surface area contributed by atoms with Gasteiger partial charge in [0.05, 0.1) is 4.47 Å². The molecule has 3 nitrogen and oxygen atoms in total. The number of rotatable bonds is 4. The van der Waals surface area contributed by atoms with Crippen molar-refractivity contribution in [2.75, 3.05) is 26.2 Å². The molecule has 0 unspecified atom stereocenters. The van der Waals surface area contributed by atoms with E-state index in [1.165, 1.54) is 0 Å². The van der Waals surface area contributed by atoms with Crippen LogP contribution in [0.5, 0.6) is 5.75 Å². The number of hydrogen-bond donors (Lipinski definition) is 2. The molecule has 2 rings (SSSR count). The van der Waals surface area contributed by atoms with Gasteiger partial charge in [0, 0.05) is 42.3 Å². The van der Waals surface area contributed by atoms with Gasteiger partial charge in [0.15, 0.2) is 0 Å². The summed E-state index contributed by atoms with van der Waals surface area (Å²) in [5.41, 5.74) is 1.01. The van der Waals surface area contributed by atoms with Gasteiger partial charge < -0.3 is 10.4 Å². The maximum atomic E-state index is 10.4. The van der Waals surface area contributed by atoms with E-state index in [2.05, 4.69) is 49.0 Å². The number of piperazine rings is 1. The summed E-state index contributed by atoms with van der Waals surface area (Å²) in [6.45, 7) is 6.30. The van der Waals surface area contributed by atoms with Crippen molar-refractivity contribution in [3.63, 3.8) is 0 Å². The van der Waals surface area contributed by atoms with Crippen LogP contribution in [-0.2, 0) is 0 Å². The van der Waals surface area contributed by atoms with E-state index in [0.717, 1.165) is 53.5 Å². The number of aromatic hydroxyl groups is 1. The summed E-state index contributed by atoms with van der Waals surface area (Å²) in [5.74, 6) is 0.367. The van der Waals surface area contributed by atoms with Crippen molar-refractivity contribution in [3.05, 3.63) is 26.6 Å². The minimum atomic E-state index is 0.277. The zero-order chi connectivity index (χ0) is 13.8. The SMILES string of the molecule is CCC[C@H](c1c(Br)ccc(Br)c1O)N1CCNCC1. The van der Waals surface area contributed by atoms with E-state index < -0.39 is 0 Å². The van der Waals surface area contributed by atoms with E-state index in [1.807, 2.05) is 12.1 Å². The largest absolute Gasteiger partial charge is 0.506 e. The van der Waals surface area contributed by atoms with Crippen LogP contribution in [0.25, 0.3) is 0 Å². The van der Waals surface area contributed by atoms with Crippen LogP contribution in [0.4, 0.5) is 0 Å². The first kappa shape index (κ1) is 15.3. The third-order valence-electron chi connectivity index (χ3n) is 3.60. The van der Waals surface area contributed by atoms with Crippen molar-refractivity contribution in [1.29, 1.82) is 0 Å². The van der Waals surface area contributed by atoms with Crippen LogP contribution in [0, 0.1) is 0 Å². The molecule has 1 aromatic rings. The second-order valence-electron chi connectivity index (χ2n) is 4.88. The summed E-state index contributed by atoms with van der Waals surface area (Å²) in [6.07, 6.45) is 2.16. The van der Waals surface area contributed by atoms with Crippen LogP contribution in [0.1, 0.15) is 31.4 Å². The highest BCUT2D eigenvalue weighted by Gasteiger charge is 2.26. The molecular weight excluding hydrogens is 372 g/mol. The van der Waals surface area contributed by atoms with Crippen LogP contribution < -0.4 is 5.32 Å². The highest BCUT2D eigenvalue weighted by molar-refractivity contribution is 9.11. The molecule has 19 heavy (non-hydrogen) atoms. The van der Waals surface area contributed by atoms with Crippen molar-refractivity contribution in [3.8, 4) is 5.75 Å². The molecule has 5 heteroatoms. The number of phenols is 1. The van der Waals surface area contributed by atoms with Gasteiger partial charge in [-0.1, -0.05) is 29.3 Å². The molecule has 2 N–H and O–H groups in total. The smallest absolute Gasteiger partial charge is 0.135 e. The van der Waals surface area contributed by atoms with Crippen LogP contribution >= 0.6 is 31.9 Å². The van der Waals surface area contributed by atoms with Gasteiger partial charge in [0.2, 0.25) is 0 Å². The third-order valence-corrected chi connectivity index (χ3v) is 4.93. The van der Waals surface area contributed by atoms with Crippen molar-refractivity contribution in [2.45, 2.75) is 25.8 Å². The lowest BCUT2D eigenvalue weighted by atomic mass is 9.99. The lowest BCUT2D eigenvalue weighted by Crippen LogP contribution is -2.45. The van der Waals surface area contributed by atoms with Gasteiger partial charge in [-0.2, -0.15) is 0 Å². The topological polar surface area (TPSA) is 35.5 Å². The van der Waals surface area contributed by atoms with E-state index in [9.17, 15) is 5.11 Å². The Morgan fingerprint density at radius 3 is 2.53 bits per heavy atom. The summed E-state index contributed by atoms with van der Waals surface area (Å²) in [4.78, 5) is 2.46. The Morgan fingerprint density at radius 2 is 1.89 bits per heavy atom. The van der Waals surface area contributed by atoms with Crippen LogP contribution in [-0.4, -0.2) is 36.2 Å². The molecule has 0 radical (unpaired) electrons. The zero-order valence-corrected chi connectivity index (χ0v) is 14.3. The minimum Gasteiger partial charge on any atom is -0.506 e. The molecule has 1 atom stereocenters. The third kappa shape index (κ3) is 3.51. The number of benzene rings is 1. The fourth-order valence-electron chi connectivity index (χ4n) is 2.65. The van der Waals surface area contributed by atoms with Gasteiger partial charge in [0.1, 0.15) is 5.75 Å². The minimum absolute atomic E-state index is 0.277. The molecular formula is C14H20Br2N2O. The molecule has 1 aliphatic heterocycles. The zero-order valence-electron chi connectivity index (χ0n) is 11.1. The van der Waals surface area contributed by atoms with Gasteiger partial charge in [0.25, 0.3) is 0 Å². The van der Waals surface area contributed by atoms with E-state index >= 15 is 0 Å². The quantitative estimate of drug-likeness (QED) is 0.821. The molecule has 1 saturated heterocycles. The molecule has 0 bridgehead atoms. The number of nitrogens with zero attached hydrogens (tertiary/aromatic N) is 1. The Balaban J connectivity index is 2.35. The monoisotopic (exact) mass is 390 g/mol. The Labute approximate surface area is 131 Å². The van der Waals surface area contributed by atoms with Crippen LogP contribution in [0.15, 0.2) is 21.1 Å². The van der Waals surface area contributed by atoms with Crippen LogP contribution in [0.3, 0.4) is 0 Å². The molecule has 0 spiro atoms. The van der Waals surface area contributed by atoms with Crippen molar-refractivity contribution in [1.82, 2.24) is 10.2 Å². The van der Waals surface area contributed by atoms with Crippen LogP contribution in [0.2, 0.25) is 0 Å². The maximum absolute atomic E-state index is 10.4. The summed E-state index contributed by atoms with van der Waals surface area (Å²) in [7, 11) is 0. The molecule has 0 saturated carbocycles. The van der Waals surface area contributed by atoms with Crippen molar-refractivity contribution < 1.29 is 5.11 Å². The number of halogens is 2. The Morgan fingerprint density at radius 1 is 1.26 bits per heavy atom. The predicted molar refractivity (Wildman–Crippen MR) is 85.6 cm³/mol. The first-order valence-corrected chi connectivity index (χ1v) is 8.35. The summed E-state index contributed by atoms with van der Waals surface area (Å²) < 4.78 is 1.76. The first-order chi connectivity index (χ1) is 9.15. The van der Waals surface area contributed by atoms with Gasteiger partial charge in [-0.05, 0) is 34.5 Å². The number of phenolic OH excluding ortho intramolecular Hbond substituents is 1. The standard InChI is InChI=1S/C14H20Br2N2O/c1-2-3-12(18-8-6-17-7-9-18)13-10(15)4-5-11(16)14(13)19/h4-5,12,17,19H,2-3,6-9H2,1H3/t12-/m1/s1. The highest BCUT2D eigenvalue weighted by Crippen LogP contribution is 2.41. The van der Waals surface area contributed by atoms with Gasteiger partial charge in [-0.15, -0.1) is 0 Å². The average molecular weight is 392 g/mol. The first-order valence-electron chi connectivity index (χ1n) is 6.76. The van der Waals surface area contributed by atoms with Gasteiger partial charge >= 0.3 is 0 Å². The molecule has 0 aliphatic carbocycles. The lowest BCUT2D eigenvalue weighted by molar-refractivity contribution is 0.161. The van der Waals surface area contributed by atoms with Crippen molar-refractivity contribution in [2.24, 2.45) is 0 Å². The molecule has 1 fully saturated rings. The summed E-state index contributed by atoms with van der Waals surface area (Å²) in [5, 5.41) is 13.8. The molecule has 0 amide bonds. The van der Waals surface area contributed by atoms with E-state index in [0.29, 0.717) is 5.75 Å². The fourth-order valence-corrected chi connectivity index (χ4v) is 3.58. The van der Waals surface area contributed by atoms with E-state index in [1.54, 1.807) is 0 Å². The van der Waals surface area contributed by atoms with E-state index in [-0.39, 0.29) is 6.04 Å². The molecule has 0 aromatic heterocycles. The maximum Gasteiger partial charge on any atom is 0.135 e. The summed E-state index contributed by atoms with van der Waals surface area (Å²) >= 11 is 7.02. The van der Waals surface area contributed by atoms with Gasteiger partial charge in [-0.25, -0.2) is 0 Å². The van der Waals surface area contributed by atoms with Crippen molar-refractivity contribution >= 4 is 31.9 Å². The Bertz CT molecular complexity index is 434. The number of nitrogens with one attached hydrogen (secondary N) is 1. The predicted octanol–water partition coefficient (Wildman–Crippen LogP) is 3.66. The van der Waals surface area contributed by atoms with E-state index in [4.69, 9.17) is 0 Å². The fraction of sp³-hybridized carbons (Fsp3) is 0.571. The number of hydrogen-bond acceptors (Lipinski definition) is 3. The molecule has 106 valence electrons. The highest BCUT2D eigenvalue weighted by atomic mass is 79.9. The lowest BCUT2D eigenvalue weighted by Gasteiger charge is -2.36. The average Bonchev–Trinajstić information content (AvgIpc) is 2.43. The normalized spacial score (nSPS) is 18.5. The second-order valence-corrected chi connectivity index (χ2v) is 6.59. The molecule has 1 heterocycles. The Kier molecular flexibility index (Phi) is 5.69. The summed E-state index contributed by atoms with van der Waals surface area (Å²) in [6, 6.07) is 4.16. The molecule has 1 aromatic carbocycles. The van der Waals surface area contributed by atoms with Gasteiger partial charge in [-0.3, -0.25) is 4.90 Å². The Hall–Kier alpha value is -0.100. The molecule has 1 aliphatic rings. The second kappa shape index (κ2) is 7.07.